The van der Waals surface area contributed by atoms with E-state index in [0.717, 1.165) is 0 Å². The van der Waals surface area contributed by atoms with E-state index < -0.39 is 0 Å². The third-order valence-electron chi connectivity index (χ3n) is 3.63. The van der Waals surface area contributed by atoms with E-state index in [-0.39, 0.29) is 30.3 Å². The van der Waals surface area contributed by atoms with Gasteiger partial charge in [-0.2, -0.15) is 4.98 Å². The molecule has 2 rings (SSSR count). The molecule has 0 aromatic carbocycles. The molecule has 5 N–H and O–H groups in total. The molecule has 1 aliphatic rings. The number of ether oxygens (including phenoxy) is 2. The fourth-order valence-electron chi connectivity index (χ4n) is 2.61. The van der Waals surface area contributed by atoms with Gasteiger partial charge in [-0.05, 0) is 13.8 Å². The number of nitrogens with two attached hydrogens (primary N) is 1. The average Bonchev–Trinajstić information content (AvgIpc) is 2.90. The topological polar surface area (TPSA) is 126 Å². The van der Waals surface area contributed by atoms with E-state index in [1.807, 2.05) is 18.7 Å². The zero-order valence-electron chi connectivity index (χ0n) is 13.5. The number of nitrogens with one attached hydrogen (secondary N) is 2. The fourth-order valence-corrected chi connectivity index (χ4v) is 2.61. The number of nitrogen functional groups attached to an aromatic ring is 1. The summed E-state index contributed by atoms with van der Waals surface area (Å²) in [6.07, 6.45) is 0.206. The van der Waals surface area contributed by atoms with E-state index in [9.17, 15) is 9.90 Å². The summed E-state index contributed by atoms with van der Waals surface area (Å²) in [5.41, 5.74) is 5.72. The smallest absolute Gasteiger partial charge is 0.277 e. The van der Waals surface area contributed by atoms with Crippen LogP contribution in [0.25, 0.3) is 0 Å². The van der Waals surface area contributed by atoms with Crippen LogP contribution >= 0.6 is 0 Å². The molecule has 1 aromatic heterocycles. The van der Waals surface area contributed by atoms with Gasteiger partial charge in [0.25, 0.3) is 5.56 Å². The van der Waals surface area contributed by atoms with Gasteiger partial charge >= 0.3 is 0 Å². The Morgan fingerprint density at radius 2 is 2.09 bits per heavy atom. The molecule has 1 aliphatic heterocycles. The molecule has 1 atom stereocenters. The molecule has 1 aromatic rings. The van der Waals surface area contributed by atoms with Gasteiger partial charge in [0.2, 0.25) is 5.95 Å². The lowest BCUT2D eigenvalue weighted by molar-refractivity contribution is -0.147. The summed E-state index contributed by atoms with van der Waals surface area (Å²) >= 11 is 0. The number of hydrogen-bond donors (Lipinski definition) is 4. The lowest BCUT2D eigenvalue weighted by Gasteiger charge is -2.26. The molecule has 2 heterocycles. The van der Waals surface area contributed by atoms with Crippen molar-refractivity contribution in [1.29, 1.82) is 0 Å². The molecule has 0 aliphatic carbocycles. The van der Waals surface area contributed by atoms with Gasteiger partial charge in [-0.1, -0.05) is 0 Å². The summed E-state index contributed by atoms with van der Waals surface area (Å²) in [7, 11) is 0. The zero-order chi connectivity index (χ0) is 16.8. The van der Waals surface area contributed by atoms with Crippen molar-refractivity contribution in [3.05, 3.63) is 10.4 Å². The highest BCUT2D eigenvalue weighted by Crippen LogP contribution is 2.27. The fraction of sp³-hybridized carbons (Fsp3) is 0.714. The molecule has 0 bridgehead atoms. The number of aliphatic hydroxyl groups is 1. The SMILES string of the molecule is CCOC(CC(CO)CN1CNc2c1nc(N)[nH]c2=O)OCC. The Morgan fingerprint density at radius 1 is 1.39 bits per heavy atom. The molecule has 0 saturated carbocycles. The second kappa shape index (κ2) is 8.14. The highest BCUT2D eigenvalue weighted by Gasteiger charge is 2.27. The van der Waals surface area contributed by atoms with Crippen LogP contribution in [-0.2, 0) is 9.47 Å². The Hall–Kier alpha value is -1.84. The van der Waals surface area contributed by atoms with Crippen molar-refractivity contribution in [2.24, 2.45) is 5.92 Å². The minimum atomic E-state index is -0.352. The Bertz CT molecular complexity index is 559. The molecule has 0 radical (unpaired) electrons. The van der Waals surface area contributed by atoms with Crippen LogP contribution in [0.4, 0.5) is 17.5 Å². The molecule has 1 unspecified atom stereocenters. The van der Waals surface area contributed by atoms with Crippen LogP contribution in [0.3, 0.4) is 0 Å². The van der Waals surface area contributed by atoms with Gasteiger partial charge < -0.3 is 30.5 Å². The molecule has 0 saturated heterocycles. The lowest BCUT2D eigenvalue weighted by atomic mass is 10.1. The molecule has 9 nitrogen and oxygen atoms in total. The van der Waals surface area contributed by atoms with Crippen molar-refractivity contribution in [3.63, 3.8) is 0 Å². The first-order valence-electron chi connectivity index (χ1n) is 7.81. The molecule has 0 spiro atoms. The number of anilines is 3. The van der Waals surface area contributed by atoms with E-state index in [1.165, 1.54) is 0 Å². The minimum Gasteiger partial charge on any atom is -0.396 e. The Morgan fingerprint density at radius 3 is 2.70 bits per heavy atom. The maximum atomic E-state index is 11.8. The van der Waals surface area contributed by atoms with E-state index in [0.29, 0.717) is 44.4 Å². The molecule has 0 fully saturated rings. The van der Waals surface area contributed by atoms with Crippen molar-refractivity contribution in [2.75, 3.05) is 49.0 Å². The average molecular weight is 327 g/mol. The quantitative estimate of drug-likeness (QED) is 0.465. The van der Waals surface area contributed by atoms with Crippen LogP contribution < -0.4 is 21.5 Å². The molecular weight excluding hydrogens is 302 g/mol. The van der Waals surface area contributed by atoms with Crippen molar-refractivity contribution in [3.8, 4) is 0 Å². The highest BCUT2D eigenvalue weighted by atomic mass is 16.7. The normalized spacial score (nSPS) is 14.9. The zero-order valence-corrected chi connectivity index (χ0v) is 13.5. The second-order valence-corrected chi connectivity index (χ2v) is 5.33. The number of hydrogen-bond acceptors (Lipinski definition) is 8. The summed E-state index contributed by atoms with van der Waals surface area (Å²) in [5.74, 6) is 0.506. The monoisotopic (exact) mass is 327 g/mol. The standard InChI is InChI=1S/C14H25N5O4/c1-3-22-10(23-4-2)5-9(7-20)6-19-8-16-11-12(19)17-14(15)18-13(11)21/h9-10,16,20H,3-8H2,1-2H3,(H3,15,17,18,21). The summed E-state index contributed by atoms with van der Waals surface area (Å²) in [4.78, 5) is 20.3. The molecule has 0 amide bonds. The Labute approximate surface area is 134 Å². The lowest BCUT2D eigenvalue weighted by Crippen LogP contribution is -2.34. The summed E-state index contributed by atoms with van der Waals surface area (Å²) in [6.45, 7) is 5.84. The number of nitrogens with zero attached hydrogens (tertiary/aromatic N) is 2. The summed E-state index contributed by atoms with van der Waals surface area (Å²) in [6, 6.07) is 0. The number of fused-ring (bicyclic) bond motifs is 1. The van der Waals surface area contributed by atoms with Gasteiger partial charge in [0, 0.05) is 38.7 Å². The number of H-pyrrole nitrogens is 1. The van der Waals surface area contributed by atoms with Crippen LogP contribution in [0.15, 0.2) is 4.79 Å². The Balaban J connectivity index is 2.05. The van der Waals surface area contributed by atoms with E-state index in [2.05, 4.69) is 15.3 Å². The first kappa shape index (κ1) is 17.5. The Kier molecular flexibility index (Phi) is 6.20. The van der Waals surface area contributed by atoms with Crippen LogP contribution in [0.2, 0.25) is 0 Å². The highest BCUT2D eigenvalue weighted by molar-refractivity contribution is 5.70. The predicted molar refractivity (Wildman–Crippen MR) is 87.3 cm³/mol. The van der Waals surface area contributed by atoms with Gasteiger partial charge in [0.15, 0.2) is 12.1 Å². The van der Waals surface area contributed by atoms with Gasteiger partial charge in [0.05, 0.1) is 6.67 Å². The van der Waals surface area contributed by atoms with E-state index >= 15 is 0 Å². The minimum absolute atomic E-state index is 0.0127. The van der Waals surface area contributed by atoms with Gasteiger partial charge in [0.1, 0.15) is 5.69 Å². The van der Waals surface area contributed by atoms with Gasteiger partial charge in [-0.3, -0.25) is 9.78 Å². The van der Waals surface area contributed by atoms with Crippen molar-refractivity contribution in [2.45, 2.75) is 26.6 Å². The second-order valence-electron chi connectivity index (χ2n) is 5.33. The van der Waals surface area contributed by atoms with Crippen molar-refractivity contribution >= 4 is 17.5 Å². The van der Waals surface area contributed by atoms with E-state index in [1.54, 1.807) is 0 Å². The third-order valence-corrected chi connectivity index (χ3v) is 3.63. The largest absolute Gasteiger partial charge is 0.396 e. The summed E-state index contributed by atoms with van der Waals surface area (Å²) < 4.78 is 11.1. The van der Waals surface area contributed by atoms with Crippen LogP contribution in [0, 0.1) is 5.92 Å². The van der Waals surface area contributed by atoms with Gasteiger partial charge in [-0.25, -0.2) is 0 Å². The first-order chi connectivity index (χ1) is 11.1. The molecule has 9 heteroatoms. The predicted octanol–water partition coefficient (Wildman–Crippen LogP) is -0.0608. The summed E-state index contributed by atoms with van der Waals surface area (Å²) in [5, 5.41) is 12.7. The number of aromatic nitrogens is 2. The number of rotatable bonds is 9. The molecular formula is C14H25N5O4. The first-order valence-corrected chi connectivity index (χ1v) is 7.81. The maximum Gasteiger partial charge on any atom is 0.277 e. The van der Waals surface area contributed by atoms with Crippen molar-refractivity contribution < 1.29 is 14.6 Å². The molecule has 130 valence electrons. The van der Waals surface area contributed by atoms with E-state index in [4.69, 9.17) is 15.2 Å². The van der Waals surface area contributed by atoms with Crippen LogP contribution in [-0.4, -0.2) is 54.4 Å². The number of aromatic amines is 1. The number of aliphatic hydroxyl groups excluding tert-OH is 1. The van der Waals surface area contributed by atoms with Crippen molar-refractivity contribution in [1.82, 2.24) is 9.97 Å². The third kappa shape index (κ3) is 4.34. The van der Waals surface area contributed by atoms with Gasteiger partial charge in [-0.15, -0.1) is 0 Å². The maximum absolute atomic E-state index is 11.8. The van der Waals surface area contributed by atoms with Crippen LogP contribution in [0.1, 0.15) is 20.3 Å². The van der Waals surface area contributed by atoms with Crippen LogP contribution in [0.5, 0.6) is 0 Å². The molecule has 23 heavy (non-hydrogen) atoms.